The van der Waals surface area contributed by atoms with Gasteiger partial charge in [0.1, 0.15) is 6.10 Å². The Morgan fingerprint density at radius 3 is 2.79 bits per heavy atom. The van der Waals surface area contributed by atoms with E-state index in [0.717, 1.165) is 32.1 Å². The minimum absolute atomic E-state index is 0.0544. The molecule has 0 bridgehead atoms. The van der Waals surface area contributed by atoms with Gasteiger partial charge in [0, 0.05) is 12.0 Å². The number of amides is 1. The van der Waals surface area contributed by atoms with Crippen molar-refractivity contribution in [3.63, 3.8) is 0 Å². The zero-order valence-corrected chi connectivity index (χ0v) is 8.37. The fourth-order valence-corrected chi connectivity index (χ4v) is 1.99. The topological polar surface area (TPSA) is 64.3 Å². The summed E-state index contributed by atoms with van der Waals surface area (Å²) in [6.07, 6.45) is 5.19. The van der Waals surface area contributed by atoms with Gasteiger partial charge in [0.05, 0.1) is 0 Å². The molecule has 2 aliphatic rings. The summed E-state index contributed by atoms with van der Waals surface area (Å²) in [6, 6.07) is 0.375. The molecule has 0 aromatic carbocycles. The van der Waals surface area contributed by atoms with Crippen molar-refractivity contribution < 1.29 is 9.53 Å². The maximum atomic E-state index is 11.3. The van der Waals surface area contributed by atoms with E-state index in [1.165, 1.54) is 0 Å². The smallest absolute Gasteiger partial charge is 0.407 e. The molecule has 0 aliphatic heterocycles. The molecule has 0 heterocycles. The van der Waals surface area contributed by atoms with Gasteiger partial charge in [-0.2, -0.15) is 0 Å². The number of rotatable bonds is 3. The third-order valence-corrected chi connectivity index (χ3v) is 3.05. The molecule has 2 saturated carbocycles. The molecule has 1 amide bonds. The van der Waals surface area contributed by atoms with Gasteiger partial charge in [-0.1, -0.05) is 0 Å². The maximum Gasteiger partial charge on any atom is 0.407 e. The van der Waals surface area contributed by atoms with Crippen LogP contribution < -0.4 is 11.1 Å². The third-order valence-electron chi connectivity index (χ3n) is 3.05. The predicted octanol–water partition coefficient (Wildman–Crippen LogP) is 1.00. The molecule has 0 aromatic heterocycles. The first-order valence-corrected chi connectivity index (χ1v) is 5.47. The number of carbonyl (C=O) groups excluding carboxylic acids is 1. The second-order valence-electron chi connectivity index (χ2n) is 4.29. The molecule has 0 saturated heterocycles. The summed E-state index contributed by atoms with van der Waals surface area (Å²) in [5.74, 6) is 0.375. The quantitative estimate of drug-likeness (QED) is 0.711. The lowest BCUT2D eigenvalue weighted by Crippen LogP contribution is -2.34. The van der Waals surface area contributed by atoms with Crippen LogP contribution in [0.1, 0.15) is 32.1 Å². The van der Waals surface area contributed by atoms with Crippen LogP contribution in [0, 0.1) is 5.92 Å². The van der Waals surface area contributed by atoms with Gasteiger partial charge in [-0.15, -0.1) is 0 Å². The second-order valence-corrected chi connectivity index (χ2v) is 4.29. The van der Waals surface area contributed by atoms with Crippen LogP contribution in [0.15, 0.2) is 0 Å². The Morgan fingerprint density at radius 2 is 2.14 bits per heavy atom. The Hall–Kier alpha value is -0.770. The van der Waals surface area contributed by atoms with Crippen molar-refractivity contribution >= 4 is 6.09 Å². The van der Waals surface area contributed by atoms with Crippen LogP contribution in [0.3, 0.4) is 0 Å². The Bertz CT molecular complexity index is 216. The van der Waals surface area contributed by atoms with Crippen molar-refractivity contribution in [2.75, 3.05) is 6.54 Å². The van der Waals surface area contributed by atoms with Gasteiger partial charge < -0.3 is 15.8 Å². The summed E-state index contributed by atoms with van der Waals surface area (Å²) in [5, 5.41) is 2.82. The number of nitrogens with two attached hydrogens (primary N) is 1. The largest absolute Gasteiger partial charge is 0.446 e. The zero-order chi connectivity index (χ0) is 9.97. The van der Waals surface area contributed by atoms with E-state index in [2.05, 4.69) is 5.32 Å². The molecule has 2 fully saturated rings. The van der Waals surface area contributed by atoms with E-state index in [4.69, 9.17) is 10.5 Å². The highest BCUT2D eigenvalue weighted by molar-refractivity contribution is 5.68. The Balaban J connectivity index is 1.74. The molecule has 3 N–H and O–H groups in total. The first-order chi connectivity index (χ1) is 6.79. The first kappa shape index (κ1) is 9.77. The number of ether oxygens (including phenoxy) is 1. The predicted molar refractivity (Wildman–Crippen MR) is 52.8 cm³/mol. The van der Waals surface area contributed by atoms with Gasteiger partial charge in [0.2, 0.25) is 0 Å². The number of hydrogen-bond acceptors (Lipinski definition) is 3. The van der Waals surface area contributed by atoms with Gasteiger partial charge in [-0.3, -0.25) is 0 Å². The van der Waals surface area contributed by atoms with E-state index in [-0.39, 0.29) is 12.2 Å². The summed E-state index contributed by atoms with van der Waals surface area (Å²) >= 11 is 0. The van der Waals surface area contributed by atoms with E-state index < -0.39 is 0 Å². The van der Waals surface area contributed by atoms with Crippen molar-refractivity contribution in [1.82, 2.24) is 5.32 Å². The molecule has 2 aliphatic carbocycles. The SMILES string of the molecule is NCC1CCCC1OC(=O)NC1CC1. The average molecular weight is 198 g/mol. The summed E-state index contributed by atoms with van der Waals surface area (Å²) in [6.45, 7) is 0.626. The molecule has 4 nitrogen and oxygen atoms in total. The number of hydrogen-bond donors (Lipinski definition) is 2. The van der Waals surface area contributed by atoms with Crippen LogP contribution in [-0.2, 0) is 4.74 Å². The van der Waals surface area contributed by atoms with E-state index in [0.29, 0.717) is 18.5 Å². The molecule has 0 aromatic rings. The van der Waals surface area contributed by atoms with E-state index in [9.17, 15) is 4.79 Å². The van der Waals surface area contributed by atoms with Crippen LogP contribution >= 0.6 is 0 Å². The molecule has 2 unspecified atom stereocenters. The Kier molecular flexibility index (Phi) is 2.91. The van der Waals surface area contributed by atoms with Crippen LogP contribution in [0.2, 0.25) is 0 Å². The van der Waals surface area contributed by atoms with Crippen molar-refractivity contribution in [1.29, 1.82) is 0 Å². The average Bonchev–Trinajstić information content (AvgIpc) is 2.84. The lowest BCUT2D eigenvalue weighted by molar-refractivity contribution is 0.0773. The van der Waals surface area contributed by atoms with Gasteiger partial charge in [0.25, 0.3) is 0 Å². The van der Waals surface area contributed by atoms with Crippen molar-refractivity contribution in [2.45, 2.75) is 44.2 Å². The number of carbonyl (C=O) groups is 1. The summed E-state index contributed by atoms with van der Waals surface area (Å²) in [4.78, 5) is 11.3. The minimum Gasteiger partial charge on any atom is -0.446 e. The molecule has 0 spiro atoms. The Labute approximate surface area is 84.2 Å². The van der Waals surface area contributed by atoms with Crippen LogP contribution in [-0.4, -0.2) is 24.8 Å². The van der Waals surface area contributed by atoms with E-state index in [1.54, 1.807) is 0 Å². The monoisotopic (exact) mass is 198 g/mol. The second kappa shape index (κ2) is 4.17. The summed E-state index contributed by atoms with van der Waals surface area (Å²) < 4.78 is 5.34. The van der Waals surface area contributed by atoms with Gasteiger partial charge in [-0.25, -0.2) is 4.79 Å². The first-order valence-electron chi connectivity index (χ1n) is 5.47. The molecule has 80 valence electrons. The molecular weight excluding hydrogens is 180 g/mol. The number of alkyl carbamates (subject to hydrolysis) is 1. The van der Waals surface area contributed by atoms with Crippen molar-refractivity contribution in [3.8, 4) is 0 Å². The standard InChI is InChI=1S/C10H18N2O2/c11-6-7-2-1-3-9(7)14-10(13)12-8-4-5-8/h7-9H,1-6,11H2,(H,12,13). The number of nitrogens with one attached hydrogen (secondary N) is 1. The molecule has 4 heteroatoms. The summed E-state index contributed by atoms with van der Waals surface area (Å²) in [5.41, 5.74) is 5.60. The van der Waals surface area contributed by atoms with Gasteiger partial charge in [-0.05, 0) is 38.6 Å². The zero-order valence-electron chi connectivity index (χ0n) is 8.37. The van der Waals surface area contributed by atoms with E-state index in [1.807, 2.05) is 0 Å². The van der Waals surface area contributed by atoms with Crippen LogP contribution in [0.5, 0.6) is 0 Å². The molecule has 0 radical (unpaired) electrons. The van der Waals surface area contributed by atoms with Gasteiger partial charge >= 0.3 is 6.09 Å². The lowest BCUT2D eigenvalue weighted by Gasteiger charge is -2.18. The van der Waals surface area contributed by atoms with E-state index >= 15 is 0 Å². The Morgan fingerprint density at radius 1 is 1.36 bits per heavy atom. The van der Waals surface area contributed by atoms with Gasteiger partial charge in [0.15, 0.2) is 0 Å². The third kappa shape index (κ3) is 2.38. The highest BCUT2D eigenvalue weighted by atomic mass is 16.6. The molecule has 2 atom stereocenters. The lowest BCUT2D eigenvalue weighted by atomic mass is 10.1. The van der Waals surface area contributed by atoms with Crippen LogP contribution in [0.25, 0.3) is 0 Å². The molecule has 14 heavy (non-hydrogen) atoms. The van der Waals surface area contributed by atoms with Crippen molar-refractivity contribution in [3.05, 3.63) is 0 Å². The van der Waals surface area contributed by atoms with Crippen LogP contribution in [0.4, 0.5) is 4.79 Å². The normalized spacial score (nSPS) is 31.5. The van der Waals surface area contributed by atoms with Crippen molar-refractivity contribution in [2.24, 2.45) is 11.7 Å². The fraction of sp³-hybridized carbons (Fsp3) is 0.900. The molecule has 2 rings (SSSR count). The maximum absolute atomic E-state index is 11.3. The fourth-order valence-electron chi connectivity index (χ4n) is 1.99. The summed E-state index contributed by atoms with van der Waals surface area (Å²) in [7, 11) is 0. The molecular formula is C10H18N2O2. The highest BCUT2D eigenvalue weighted by Crippen LogP contribution is 2.27. The highest BCUT2D eigenvalue weighted by Gasteiger charge is 2.31. The minimum atomic E-state index is -0.252.